The van der Waals surface area contributed by atoms with Gasteiger partial charge in [-0.15, -0.1) is 0 Å². The number of nitrogen functional groups attached to an aromatic ring is 1. The van der Waals surface area contributed by atoms with Crippen LogP contribution in [-0.2, 0) is 11.3 Å². The first-order valence-corrected chi connectivity index (χ1v) is 6.84. The lowest BCUT2D eigenvalue weighted by Gasteiger charge is -2.07. The maximum Gasteiger partial charge on any atom is 0.355 e. The predicted octanol–water partition coefficient (Wildman–Crippen LogP) is 1.88. The van der Waals surface area contributed by atoms with Crippen LogP contribution < -0.4 is 11.1 Å². The number of nitrogens with one attached hydrogen (secondary N) is 2. The average molecular weight is 310 g/mol. The van der Waals surface area contributed by atoms with Gasteiger partial charge in [0.2, 0.25) is 11.9 Å². The Hall–Kier alpha value is -3.42. The summed E-state index contributed by atoms with van der Waals surface area (Å²) >= 11 is 0. The lowest BCUT2D eigenvalue weighted by atomic mass is 10.3. The number of aromatic amines is 1. The van der Waals surface area contributed by atoms with Gasteiger partial charge in [-0.3, -0.25) is 0 Å². The van der Waals surface area contributed by atoms with Crippen LogP contribution in [0.25, 0.3) is 0 Å². The second-order valence-corrected chi connectivity index (χ2v) is 4.58. The van der Waals surface area contributed by atoms with Crippen LogP contribution in [-0.4, -0.2) is 25.9 Å². The van der Waals surface area contributed by atoms with Crippen LogP contribution >= 0.6 is 0 Å². The zero-order valence-corrected chi connectivity index (χ0v) is 12.1. The Morgan fingerprint density at radius 3 is 2.70 bits per heavy atom. The molecular formula is C15H14N6O2. The molecule has 0 saturated heterocycles. The number of ether oxygens (including phenoxy) is 1. The van der Waals surface area contributed by atoms with Crippen LogP contribution in [0.5, 0.6) is 0 Å². The molecule has 3 aromatic rings. The first-order chi connectivity index (χ1) is 11.2. The summed E-state index contributed by atoms with van der Waals surface area (Å²) in [5.74, 6) is 0.0985. The molecule has 2 aromatic heterocycles. The zero-order valence-electron chi connectivity index (χ0n) is 12.1. The van der Waals surface area contributed by atoms with Gasteiger partial charge in [-0.1, -0.05) is 18.2 Å². The van der Waals surface area contributed by atoms with E-state index in [0.717, 1.165) is 5.69 Å². The number of rotatable bonds is 5. The summed E-state index contributed by atoms with van der Waals surface area (Å²) in [7, 11) is 0. The van der Waals surface area contributed by atoms with Crippen LogP contribution in [0.4, 0.5) is 17.6 Å². The van der Waals surface area contributed by atoms with Crippen LogP contribution in [0.2, 0.25) is 0 Å². The van der Waals surface area contributed by atoms with Gasteiger partial charge in [-0.25, -0.2) is 4.79 Å². The summed E-state index contributed by atoms with van der Waals surface area (Å²) in [6.07, 6.45) is 1.64. The van der Waals surface area contributed by atoms with E-state index >= 15 is 0 Å². The summed E-state index contributed by atoms with van der Waals surface area (Å²) < 4.78 is 5.13. The number of hydrogen-bond acceptors (Lipinski definition) is 7. The minimum Gasteiger partial charge on any atom is -0.453 e. The van der Waals surface area contributed by atoms with Gasteiger partial charge in [0, 0.05) is 11.9 Å². The van der Waals surface area contributed by atoms with E-state index in [-0.39, 0.29) is 24.3 Å². The minimum atomic E-state index is -0.494. The van der Waals surface area contributed by atoms with E-state index in [1.54, 1.807) is 18.3 Å². The van der Waals surface area contributed by atoms with Gasteiger partial charge < -0.3 is 20.8 Å². The third kappa shape index (κ3) is 3.82. The lowest BCUT2D eigenvalue weighted by Crippen LogP contribution is -2.11. The molecule has 2 heterocycles. The number of H-pyrrole nitrogens is 1. The van der Waals surface area contributed by atoms with Crippen molar-refractivity contribution < 1.29 is 9.53 Å². The van der Waals surface area contributed by atoms with Crippen LogP contribution in [0.3, 0.4) is 0 Å². The van der Waals surface area contributed by atoms with Gasteiger partial charge in [0.1, 0.15) is 5.69 Å². The Kier molecular flexibility index (Phi) is 4.14. The molecule has 0 radical (unpaired) electrons. The highest BCUT2D eigenvalue weighted by Gasteiger charge is 2.10. The lowest BCUT2D eigenvalue weighted by molar-refractivity contribution is 0.0456. The number of hydrogen-bond donors (Lipinski definition) is 3. The molecule has 0 aliphatic rings. The molecule has 1 aromatic carbocycles. The number of carbonyl (C=O) groups excluding carboxylic acids is 1. The van der Waals surface area contributed by atoms with Crippen LogP contribution in [0, 0.1) is 0 Å². The fourth-order valence-corrected chi connectivity index (χ4v) is 1.87. The van der Waals surface area contributed by atoms with E-state index in [1.807, 2.05) is 30.3 Å². The van der Waals surface area contributed by atoms with Crippen molar-refractivity contribution in [2.75, 3.05) is 11.1 Å². The largest absolute Gasteiger partial charge is 0.453 e. The Balaban J connectivity index is 1.69. The van der Waals surface area contributed by atoms with Crippen molar-refractivity contribution in [3.63, 3.8) is 0 Å². The zero-order chi connectivity index (χ0) is 16.1. The number of para-hydroxylation sites is 1. The maximum absolute atomic E-state index is 11.8. The van der Waals surface area contributed by atoms with Crippen LogP contribution in [0.1, 0.15) is 16.3 Å². The van der Waals surface area contributed by atoms with Gasteiger partial charge in [0.05, 0.1) is 0 Å². The molecule has 3 rings (SSSR count). The molecule has 0 saturated carbocycles. The number of benzene rings is 1. The molecule has 116 valence electrons. The number of aromatic nitrogens is 4. The van der Waals surface area contributed by atoms with E-state index in [4.69, 9.17) is 10.5 Å². The van der Waals surface area contributed by atoms with Crippen molar-refractivity contribution in [2.45, 2.75) is 6.61 Å². The molecule has 0 atom stereocenters. The first kappa shape index (κ1) is 14.5. The smallest absolute Gasteiger partial charge is 0.355 e. The molecule has 8 heteroatoms. The van der Waals surface area contributed by atoms with Crippen LogP contribution in [0.15, 0.2) is 48.7 Å². The van der Waals surface area contributed by atoms with Gasteiger partial charge in [0.25, 0.3) is 0 Å². The van der Waals surface area contributed by atoms with Crippen molar-refractivity contribution in [2.24, 2.45) is 0 Å². The number of carbonyl (C=O) groups is 1. The summed E-state index contributed by atoms with van der Waals surface area (Å²) in [5.41, 5.74) is 6.83. The van der Waals surface area contributed by atoms with E-state index in [1.165, 1.54) is 0 Å². The highest BCUT2D eigenvalue weighted by atomic mass is 16.5. The Bertz CT molecular complexity index is 789. The second kappa shape index (κ2) is 6.56. The van der Waals surface area contributed by atoms with E-state index in [0.29, 0.717) is 5.69 Å². The molecule has 0 spiro atoms. The molecular weight excluding hydrogens is 296 g/mol. The van der Waals surface area contributed by atoms with Gasteiger partial charge in [0.15, 0.2) is 12.4 Å². The standard InChI is InChI=1S/C15H14N6O2/c16-14-19-12(9-23-13(22)11-7-4-8-17-11)20-15(21-14)18-10-5-2-1-3-6-10/h1-8,17H,9H2,(H3,16,18,19,20,21). The monoisotopic (exact) mass is 310 g/mol. The number of nitrogens with zero attached hydrogens (tertiary/aromatic N) is 3. The van der Waals surface area contributed by atoms with Crippen molar-refractivity contribution >= 4 is 23.6 Å². The third-order valence-electron chi connectivity index (χ3n) is 2.88. The van der Waals surface area contributed by atoms with E-state index in [9.17, 15) is 4.79 Å². The molecule has 0 unspecified atom stereocenters. The van der Waals surface area contributed by atoms with E-state index < -0.39 is 5.97 Å². The number of anilines is 3. The van der Waals surface area contributed by atoms with Crippen molar-refractivity contribution in [3.8, 4) is 0 Å². The average Bonchev–Trinajstić information content (AvgIpc) is 3.07. The van der Waals surface area contributed by atoms with E-state index in [2.05, 4.69) is 25.3 Å². The Morgan fingerprint density at radius 1 is 1.13 bits per heavy atom. The predicted molar refractivity (Wildman–Crippen MR) is 83.9 cm³/mol. The normalized spacial score (nSPS) is 10.3. The highest BCUT2D eigenvalue weighted by Crippen LogP contribution is 2.13. The number of nitrogens with two attached hydrogens (primary N) is 1. The molecule has 23 heavy (non-hydrogen) atoms. The first-order valence-electron chi connectivity index (χ1n) is 6.84. The minimum absolute atomic E-state index is 0.0457. The quantitative estimate of drug-likeness (QED) is 0.615. The summed E-state index contributed by atoms with van der Waals surface area (Å²) in [5, 5.41) is 3.01. The molecule has 0 bridgehead atoms. The SMILES string of the molecule is Nc1nc(COC(=O)c2ccc[nH]2)nc(Nc2ccccc2)n1. The third-order valence-corrected chi connectivity index (χ3v) is 2.88. The van der Waals surface area contributed by atoms with Crippen molar-refractivity contribution in [1.82, 2.24) is 19.9 Å². The van der Waals surface area contributed by atoms with Gasteiger partial charge in [-0.2, -0.15) is 15.0 Å². The number of esters is 1. The molecule has 0 fully saturated rings. The molecule has 8 nitrogen and oxygen atoms in total. The van der Waals surface area contributed by atoms with Gasteiger partial charge in [-0.05, 0) is 24.3 Å². The fraction of sp³-hybridized carbons (Fsp3) is 0.0667. The highest BCUT2D eigenvalue weighted by molar-refractivity contribution is 5.87. The summed E-state index contributed by atoms with van der Waals surface area (Å²) in [6.45, 7) is -0.103. The van der Waals surface area contributed by atoms with Gasteiger partial charge >= 0.3 is 5.97 Å². The Labute approximate surface area is 131 Å². The second-order valence-electron chi connectivity index (χ2n) is 4.58. The Morgan fingerprint density at radius 2 is 1.96 bits per heavy atom. The fourth-order valence-electron chi connectivity index (χ4n) is 1.87. The molecule has 0 amide bonds. The molecule has 0 aliphatic carbocycles. The topological polar surface area (TPSA) is 119 Å². The summed E-state index contributed by atoms with van der Waals surface area (Å²) in [6, 6.07) is 12.7. The molecule has 0 aliphatic heterocycles. The maximum atomic E-state index is 11.8. The van der Waals surface area contributed by atoms with Crippen molar-refractivity contribution in [1.29, 1.82) is 0 Å². The summed E-state index contributed by atoms with van der Waals surface area (Å²) in [4.78, 5) is 26.7. The van der Waals surface area contributed by atoms with Crippen molar-refractivity contribution in [3.05, 3.63) is 60.2 Å². The molecule has 4 N–H and O–H groups in total.